The SMILES string of the molecule is CCN(CC1(CBr)CCCCC1)C1CCCCC1. The van der Waals surface area contributed by atoms with Crippen molar-refractivity contribution in [2.45, 2.75) is 77.2 Å². The molecule has 0 atom stereocenters. The van der Waals surface area contributed by atoms with Gasteiger partial charge in [-0.05, 0) is 37.6 Å². The largest absolute Gasteiger partial charge is 0.300 e. The van der Waals surface area contributed by atoms with Crippen LogP contribution in [0.2, 0.25) is 0 Å². The maximum absolute atomic E-state index is 3.82. The second-order valence-corrected chi connectivity index (χ2v) is 7.11. The minimum atomic E-state index is 0.589. The molecule has 2 fully saturated rings. The number of rotatable bonds is 5. The van der Waals surface area contributed by atoms with Gasteiger partial charge in [-0.1, -0.05) is 61.4 Å². The van der Waals surface area contributed by atoms with Gasteiger partial charge in [-0.2, -0.15) is 0 Å². The van der Waals surface area contributed by atoms with Crippen LogP contribution in [0, 0.1) is 5.41 Å². The first-order valence-electron chi connectivity index (χ1n) is 8.10. The fourth-order valence-corrected chi connectivity index (χ4v) is 4.75. The zero-order valence-corrected chi connectivity index (χ0v) is 13.7. The zero-order chi connectivity index (χ0) is 12.8. The lowest BCUT2D eigenvalue weighted by molar-refractivity contribution is 0.0808. The van der Waals surface area contributed by atoms with E-state index in [1.165, 1.54) is 82.6 Å². The van der Waals surface area contributed by atoms with Crippen molar-refractivity contribution in [1.29, 1.82) is 0 Å². The van der Waals surface area contributed by atoms with E-state index in [0.717, 1.165) is 6.04 Å². The van der Waals surface area contributed by atoms with E-state index in [0.29, 0.717) is 5.41 Å². The van der Waals surface area contributed by atoms with E-state index >= 15 is 0 Å². The maximum atomic E-state index is 3.82. The van der Waals surface area contributed by atoms with Crippen molar-refractivity contribution in [3.05, 3.63) is 0 Å². The highest BCUT2D eigenvalue weighted by Crippen LogP contribution is 2.39. The molecule has 0 aromatic heterocycles. The molecule has 0 saturated heterocycles. The van der Waals surface area contributed by atoms with E-state index in [9.17, 15) is 0 Å². The van der Waals surface area contributed by atoms with Crippen molar-refractivity contribution >= 4 is 15.9 Å². The van der Waals surface area contributed by atoms with Gasteiger partial charge in [-0.25, -0.2) is 0 Å². The van der Waals surface area contributed by atoms with E-state index in [-0.39, 0.29) is 0 Å². The predicted octanol–water partition coefficient (Wildman–Crippen LogP) is 4.99. The van der Waals surface area contributed by atoms with Crippen molar-refractivity contribution in [1.82, 2.24) is 4.90 Å². The fourth-order valence-electron chi connectivity index (χ4n) is 4.01. The molecule has 0 amide bonds. The average Bonchev–Trinajstić information content (AvgIpc) is 2.47. The molecule has 0 aromatic carbocycles. The Morgan fingerprint density at radius 1 is 1.00 bits per heavy atom. The molecule has 2 aliphatic rings. The van der Waals surface area contributed by atoms with Gasteiger partial charge in [0.2, 0.25) is 0 Å². The van der Waals surface area contributed by atoms with Gasteiger partial charge in [0.25, 0.3) is 0 Å². The van der Waals surface area contributed by atoms with Crippen LogP contribution in [0.15, 0.2) is 0 Å². The number of alkyl halides is 1. The Kier molecular flexibility index (Phi) is 6.00. The molecular formula is C16H30BrN. The van der Waals surface area contributed by atoms with Gasteiger partial charge < -0.3 is 4.90 Å². The molecule has 0 unspecified atom stereocenters. The lowest BCUT2D eigenvalue weighted by atomic mass is 9.75. The van der Waals surface area contributed by atoms with Crippen LogP contribution in [-0.4, -0.2) is 29.4 Å². The molecule has 2 saturated carbocycles. The molecule has 2 heteroatoms. The van der Waals surface area contributed by atoms with Crippen LogP contribution < -0.4 is 0 Å². The summed E-state index contributed by atoms with van der Waals surface area (Å²) in [6.07, 6.45) is 14.6. The van der Waals surface area contributed by atoms with Gasteiger partial charge in [-0.3, -0.25) is 0 Å². The Hall–Kier alpha value is 0.440. The summed E-state index contributed by atoms with van der Waals surface area (Å²) < 4.78 is 0. The van der Waals surface area contributed by atoms with E-state index in [2.05, 4.69) is 27.8 Å². The first kappa shape index (κ1) is 14.8. The van der Waals surface area contributed by atoms with E-state index in [1.54, 1.807) is 0 Å². The summed E-state index contributed by atoms with van der Waals surface area (Å²) in [6, 6.07) is 0.890. The minimum Gasteiger partial charge on any atom is -0.300 e. The first-order chi connectivity index (χ1) is 8.79. The molecule has 0 aromatic rings. The third-order valence-electron chi connectivity index (χ3n) is 5.23. The summed E-state index contributed by atoms with van der Waals surface area (Å²) in [7, 11) is 0. The number of hydrogen-bond acceptors (Lipinski definition) is 1. The molecule has 2 aliphatic carbocycles. The van der Waals surface area contributed by atoms with Crippen LogP contribution in [-0.2, 0) is 0 Å². The maximum Gasteiger partial charge on any atom is 0.0100 e. The van der Waals surface area contributed by atoms with E-state index in [4.69, 9.17) is 0 Å². The van der Waals surface area contributed by atoms with E-state index in [1.807, 2.05) is 0 Å². The van der Waals surface area contributed by atoms with Gasteiger partial charge in [0.1, 0.15) is 0 Å². The normalized spacial score (nSPS) is 25.5. The van der Waals surface area contributed by atoms with Gasteiger partial charge in [0.15, 0.2) is 0 Å². The van der Waals surface area contributed by atoms with Crippen molar-refractivity contribution < 1.29 is 0 Å². The Morgan fingerprint density at radius 2 is 1.61 bits per heavy atom. The molecule has 0 spiro atoms. The summed E-state index contributed by atoms with van der Waals surface area (Å²) >= 11 is 3.82. The van der Waals surface area contributed by atoms with Gasteiger partial charge >= 0.3 is 0 Å². The van der Waals surface area contributed by atoms with Gasteiger partial charge in [0.05, 0.1) is 0 Å². The highest BCUT2D eigenvalue weighted by molar-refractivity contribution is 9.09. The van der Waals surface area contributed by atoms with Crippen LogP contribution in [0.4, 0.5) is 0 Å². The highest BCUT2D eigenvalue weighted by atomic mass is 79.9. The van der Waals surface area contributed by atoms with Gasteiger partial charge in [-0.15, -0.1) is 0 Å². The van der Waals surface area contributed by atoms with Crippen LogP contribution in [0.25, 0.3) is 0 Å². The number of nitrogens with zero attached hydrogens (tertiary/aromatic N) is 1. The molecular weight excluding hydrogens is 286 g/mol. The topological polar surface area (TPSA) is 3.24 Å². The monoisotopic (exact) mass is 315 g/mol. The summed E-state index contributed by atoms with van der Waals surface area (Å²) in [6.45, 7) is 4.96. The Labute approximate surface area is 122 Å². The lowest BCUT2D eigenvalue weighted by Crippen LogP contribution is -2.45. The lowest BCUT2D eigenvalue weighted by Gasteiger charge is -2.43. The molecule has 0 N–H and O–H groups in total. The fraction of sp³-hybridized carbons (Fsp3) is 1.00. The molecule has 18 heavy (non-hydrogen) atoms. The van der Waals surface area contributed by atoms with E-state index < -0.39 is 0 Å². The molecule has 106 valence electrons. The Bertz CT molecular complexity index is 229. The highest BCUT2D eigenvalue weighted by Gasteiger charge is 2.34. The first-order valence-corrected chi connectivity index (χ1v) is 9.22. The smallest absolute Gasteiger partial charge is 0.0100 e. The second kappa shape index (κ2) is 7.28. The van der Waals surface area contributed by atoms with Crippen molar-refractivity contribution in [2.75, 3.05) is 18.4 Å². The molecule has 0 heterocycles. The molecule has 0 bridgehead atoms. The standard InChI is InChI=1S/C16H30BrN/c1-2-18(15-9-5-3-6-10-15)14-16(13-17)11-7-4-8-12-16/h15H,2-14H2,1H3. The van der Waals surface area contributed by atoms with Gasteiger partial charge in [0, 0.05) is 17.9 Å². The zero-order valence-electron chi connectivity index (χ0n) is 12.1. The third-order valence-corrected chi connectivity index (χ3v) is 6.42. The molecule has 0 aliphatic heterocycles. The predicted molar refractivity (Wildman–Crippen MR) is 83.4 cm³/mol. The molecule has 0 radical (unpaired) electrons. The third kappa shape index (κ3) is 3.72. The van der Waals surface area contributed by atoms with Crippen molar-refractivity contribution in [2.24, 2.45) is 5.41 Å². The summed E-state index contributed by atoms with van der Waals surface area (Å²) in [5.41, 5.74) is 0.589. The summed E-state index contributed by atoms with van der Waals surface area (Å²) in [4.78, 5) is 2.81. The Morgan fingerprint density at radius 3 is 2.17 bits per heavy atom. The van der Waals surface area contributed by atoms with Crippen LogP contribution in [0.1, 0.15) is 71.1 Å². The average molecular weight is 316 g/mol. The Balaban J connectivity index is 1.94. The summed E-state index contributed by atoms with van der Waals surface area (Å²) in [5.74, 6) is 0. The summed E-state index contributed by atoms with van der Waals surface area (Å²) in [5, 5.41) is 1.21. The van der Waals surface area contributed by atoms with Crippen LogP contribution in [0.3, 0.4) is 0 Å². The quantitative estimate of drug-likeness (QED) is 0.646. The number of hydrogen-bond donors (Lipinski definition) is 0. The second-order valence-electron chi connectivity index (χ2n) is 6.55. The van der Waals surface area contributed by atoms with Crippen molar-refractivity contribution in [3.63, 3.8) is 0 Å². The molecule has 2 rings (SSSR count). The number of halogens is 1. The molecule has 1 nitrogen and oxygen atoms in total. The van der Waals surface area contributed by atoms with Crippen molar-refractivity contribution in [3.8, 4) is 0 Å². The van der Waals surface area contributed by atoms with Crippen LogP contribution >= 0.6 is 15.9 Å². The van der Waals surface area contributed by atoms with Crippen LogP contribution in [0.5, 0.6) is 0 Å². The minimum absolute atomic E-state index is 0.589.